The number of nitrogens with zero attached hydrogens (tertiary/aromatic N) is 1. The quantitative estimate of drug-likeness (QED) is 0.521. The van der Waals surface area contributed by atoms with Crippen LogP contribution in [0.3, 0.4) is 0 Å². The van der Waals surface area contributed by atoms with E-state index in [0.717, 1.165) is 23.8 Å². The fraction of sp³-hybridized carbons (Fsp3) is 0.533. The van der Waals surface area contributed by atoms with Gasteiger partial charge in [0.15, 0.2) is 5.96 Å². The minimum absolute atomic E-state index is 0.172. The van der Waals surface area contributed by atoms with Crippen LogP contribution >= 0.6 is 0 Å². The number of methoxy groups -OCH3 is 1. The van der Waals surface area contributed by atoms with Gasteiger partial charge >= 0.3 is 0 Å². The van der Waals surface area contributed by atoms with Crippen LogP contribution in [0, 0.1) is 5.92 Å². The molecule has 1 aromatic carbocycles. The molecule has 3 N–H and O–H groups in total. The summed E-state index contributed by atoms with van der Waals surface area (Å²) in [7, 11) is 1.66. The van der Waals surface area contributed by atoms with E-state index in [-0.39, 0.29) is 12.5 Å². The van der Waals surface area contributed by atoms with Crippen molar-refractivity contribution < 1.29 is 9.84 Å². The maximum Gasteiger partial charge on any atom is 0.191 e. The van der Waals surface area contributed by atoms with Crippen molar-refractivity contribution in [1.29, 1.82) is 0 Å². The zero-order chi connectivity index (χ0) is 14.8. The van der Waals surface area contributed by atoms with Crippen LogP contribution in [0.25, 0.3) is 0 Å². The van der Waals surface area contributed by atoms with Crippen molar-refractivity contribution >= 4 is 5.96 Å². The average molecular weight is 279 g/mol. The largest absolute Gasteiger partial charge is 0.497 e. The molecular weight excluding hydrogens is 254 g/mol. The molecule has 0 spiro atoms. The van der Waals surface area contributed by atoms with Crippen LogP contribution in [0.5, 0.6) is 5.75 Å². The zero-order valence-corrected chi connectivity index (χ0v) is 12.5. The van der Waals surface area contributed by atoms with E-state index < -0.39 is 0 Å². The third-order valence-corrected chi connectivity index (χ3v) is 2.85. The molecule has 1 rings (SSSR count). The maximum absolute atomic E-state index is 9.02. The van der Waals surface area contributed by atoms with Crippen molar-refractivity contribution in [2.24, 2.45) is 10.9 Å². The SMILES string of the molecule is CCNC(=NCc1ccc(OC)cc1)NCC(C)CO. The Morgan fingerprint density at radius 1 is 1.30 bits per heavy atom. The van der Waals surface area contributed by atoms with E-state index in [1.54, 1.807) is 7.11 Å². The minimum atomic E-state index is 0.172. The fourth-order valence-corrected chi connectivity index (χ4v) is 1.58. The van der Waals surface area contributed by atoms with Gasteiger partial charge in [0.1, 0.15) is 5.75 Å². The predicted molar refractivity (Wildman–Crippen MR) is 82.1 cm³/mol. The number of nitrogens with one attached hydrogen (secondary N) is 2. The Bertz CT molecular complexity index is 404. The second-order valence-corrected chi connectivity index (χ2v) is 4.71. The molecule has 5 nitrogen and oxygen atoms in total. The Hall–Kier alpha value is -1.75. The van der Waals surface area contributed by atoms with Gasteiger partial charge in [-0.1, -0.05) is 19.1 Å². The van der Waals surface area contributed by atoms with Gasteiger partial charge in [-0.3, -0.25) is 0 Å². The summed E-state index contributed by atoms with van der Waals surface area (Å²) in [5.41, 5.74) is 1.12. The molecule has 0 saturated heterocycles. The fourth-order valence-electron chi connectivity index (χ4n) is 1.58. The molecule has 5 heteroatoms. The van der Waals surface area contributed by atoms with Crippen LogP contribution in [-0.4, -0.2) is 37.9 Å². The molecule has 0 aromatic heterocycles. The first kappa shape index (κ1) is 16.3. The standard InChI is InChI=1S/C15H25N3O2/c1-4-16-15(17-9-12(2)11-19)18-10-13-5-7-14(20-3)8-6-13/h5-8,12,19H,4,9-11H2,1-3H3,(H2,16,17,18). The molecule has 0 aliphatic heterocycles. The number of aliphatic imine (C=N–C) groups is 1. The number of guanidine groups is 1. The summed E-state index contributed by atoms with van der Waals surface area (Å²) < 4.78 is 5.13. The van der Waals surface area contributed by atoms with Gasteiger partial charge in [-0.15, -0.1) is 0 Å². The van der Waals surface area contributed by atoms with E-state index in [0.29, 0.717) is 13.1 Å². The van der Waals surface area contributed by atoms with Gasteiger partial charge in [-0.25, -0.2) is 4.99 Å². The lowest BCUT2D eigenvalue weighted by Crippen LogP contribution is -2.39. The van der Waals surface area contributed by atoms with Crippen molar-refractivity contribution in [1.82, 2.24) is 10.6 Å². The lowest BCUT2D eigenvalue weighted by molar-refractivity contribution is 0.238. The second-order valence-electron chi connectivity index (χ2n) is 4.71. The lowest BCUT2D eigenvalue weighted by atomic mass is 10.2. The minimum Gasteiger partial charge on any atom is -0.497 e. The van der Waals surface area contributed by atoms with Gasteiger partial charge in [-0.05, 0) is 30.5 Å². The Kier molecular flexibility index (Phi) is 7.50. The molecule has 112 valence electrons. The summed E-state index contributed by atoms with van der Waals surface area (Å²) >= 11 is 0. The van der Waals surface area contributed by atoms with Crippen LogP contribution in [0.15, 0.2) is 29.3 Å². The molecule has 1 atom stereocenters. The van der Waals surface area contributed by atoms with Gasteiger partial charge in [0.05, 0.1) is 13.7 Å². The summed E-state index contributed by atoms with van der Waals surface area (Å²) in [6.45, 7) is 6.30. The third-order valence-electron chi connectivity index (χ3n) is 2.85. The summed E-state index contributed by atoms with van der Waals surface area (Å²) in [6.07, 6.45) is 0. The molecule has 0 aliphatic rings. The summed E-state index contributed by atoms with van der Waals surface area (Å²) in [6, 6.07) is 7.86. The molecule has 0 heterocycles. The van der Waals surface area contributed by atoms with Gasteiger partial charge in [0.25, 0.3) is 0 Å². The summed E-state index contributed by atoms with van der Waals surface area (Å²) in [5.74, 6) is 1.82. The van der Waals surface area contributed by atoms with Gasteiger partial charge in [-0.2, -0.15) is 0 Å². The van der Waals surface area contributed by atoms with Gasteiger partial charge in [0, 0.05) is 19.7 Å². The Morgan fingerprint density at radius 2 is 2.00 bits per heavy atom. The van der Waals surface area contributed by atoms with Crippen LogP contribution in [0.2, 0.25) is 0 Å². The molecule has 0 fully saturated rings. The van der Waals surface area contributed by atoms with E-state index in [4.69, 9.17) is 9.84 Å². The Balaban J connectivity index is 2.56. The van der Waals surface area contributed by atoms with Crippen molar-refractivity contribution in [2.45, 2.75) is 20.4 Å². The van der Waals surface area contributed by atoms with E-state index in [9.17, 15) is 0 Å². The highest BCUT2D eigenvalue weighted by atomic mass is 16.5. The van der Waals surface area contributed by atoms with Crippen molar-refractivity contribution in [3.63, 3.8) is 0 Å². The number of hydrogen-bond donors (Lipinski definition) is 3. The number of ether oxygens (including phenoxy) is 1. The number of aliphatic hydroxyl groups is 1. The van der Waals surface area contributed by atoms with E-state index in [1.165, 1.54) is 0 Å². The highest BCUT2D eigenvalue weighted by molar-refractivity contribution is 5.79. The van der Waals surface area contributed by atoms with Crippen LogP contribution in [-0.2, 0) is 6.54 Å². The van der Waals surface area contributed by atoms with Crippen molar-refractivity contribution in [3.8, 4) is 5.75 Å². The highest BCUT2D eigenvalue weighted by Crippen LogP contribution is 2.11. The smallest absolute Gasteiger partial charge is 0.191 e. The molecular formula is C15H25N3O2. The molecule has 0 amide bonds. The third kappa shape index (κ3) is 5.93. The first-order valence-electron chi connectivity index (χ1n) is 6.95. The van der Waals surface area contributed by atoms with E-state index >= 15 is 0 Å². The number of rotatable bonds is 7. The average Bonchev–Trinajstić information content (AvgIpc) is 2.50. The number of aliphatic hydroxyl groups excluding tert-OH is 1. The summed E-state index contributed by atoms with van der Waals surface area (Å²) in [5, 5.41) is 15.4. The molecule has 1 aromatic rings. The Morgan fingerprint density at radius 3 is 2.55 bits per heavy atom. The van der Waals surface area contributed by atoms with E-state index in [1.807, 2.05) is 38.1 Å². The Labute approximate surface area is 121 Å². The molecule has 0 saturated carbocycles. The highest BCUT2D eigenvalue weighted by Gasteiger charge is 2.02. The molecule has 0 bridgehead atoms. The first-order valence-corrected chi connectivity index (χ1v) is 6.95. The molecule has 0 aliphatic carbocycles. The number of hydrogen-bond acceptors (Lipinski definition) is 3. The maximum atomic E-state index is 9.02. The van der Waals surface area contributed by atoms with Crippen molar-refractivity contribution in [3.05, 3.63) is 29.8 Å². The van der Waals surface area contributed by atoms with Gasteiger partial charge < -0.3 is 20.5 Å². The molecule has 1 unspecified atom stereocenters. The van der Waals surface area contributed by atoms with Crippen molar-refractivity contribution in [2.75, 3.05) is 26.8 Å². The van der Waals surface area contributed by atoms with Crippen LogP contribution in [0.1, 0.15) is 19.4 Å². The monoisotopic (exact) mass is 279 g/mol. The first-order chi connectivity index (χ1) is 9.69. The van der Waals surface area contributed by atoms with Gasteiger partial charge in [0.2, 0.25) is 0 Å². The number of benzene rings is 1. The zero-order valence-electron chi connectivity index (χ0n) is 12.5. The predicted octanol–water partition coefficient (Wildman–Crippen LogP) is 1.38. The molecule has 20 heavy (non-hydrogen) atoms. The topological polar surface area (TPSA) is 65.9 Å². The normalized spacial score (nSPS) is 12.9. The lowest BCUT2D eigenvalue weighted by Gasteiger charge is -2.14. The molecule has 0 radical (unpaired) electrons. The van der Waals surface area contributed by atoms with Crippen LogP contribution < -0.4 is 15.4 Å². The van der Waals surface area contributed by atoms with Crippen LogP contribution in [0.4, 0.5) is 0 Å². The summed E-state index contributed by atoms with van der Waals surface area (Å²) in [4.78, 5) is 4.52. The van der Waals surface area contributed by atoms with E-state index in [2.05, 4.69) is 15.6 Å². The second kappa shape index (κ2) is 9.20.